The highest BCUT2D eigenvalue weighted by atomic mass is 14.2. The molecule has 0 spiro atoms. The Balaban J connectivity index is 1.61. The van der Waals surface area contributed by atoms with Crippen LogP contribution in [0.5, 0.6) is 0 Å². The fraction of sp³-hybridized carbons (Fsp3) is 1.00. The summed E-state index contributed by atoms with van der Waals surface area (Å²) in [7, 11) is 0. The molecule has 228 valence electrons. The Morgan fingerprint density at radius 2 is 0.526 bits per heavy atom. The lowest BCUT2D eigenvalue weighted by molar-refractivity contribution is 0.328. The quantitative estimate of drug-likeness (QED) is 0.0778. The zero-order chi connectivity index (χ0) is 27.0. The van der Waals surface area contributed by atoms with Crippen molar-refractivity contribution < 1.29 is 0 Å². The Labute approximate surface area is 243 Å². The molecule has 0 atom stereocenters. The van der Waals surface area contributed by atoms with Crippen LogP contribution < -0.4 is 0 Å². The monoisotopic (exact) mass is 533 g/mol. The second-order valence-electron chi connectivity index (χ2n) is 13.5. The fourth-order valence-corrected chi connectivity index (χ4v) is 6.93. The SMILES string of the molecule is CCCCCCCCCCCCCCCCCCCCCCCCCCCCCCCCC1CCCCC1. The number of unbranched alkanes of at least 4 members (excludes halogenated alkanes) is 29. The van der Waals surface area contributed by atoms with Crippen molar-refractivity contribution in [2.75, 3.05) is 0 Å². The van der Waals surface area contributed by atoms with Crippen molar-refractivity contribution in [2.24, 2.45) is 5.92 Å². The van der Waals surface area contributed by atoms with Gasteiger partial charge in [-0.15, -0.1) is 0 Å². The van der Waals surface area contributed by atoms with E-state index in [0.717, 1.165) is 5.92 Å². The Hall–Kier alpha value is 0. The molecule has 0 heteroatoms. The summed E-state index contributed by atoms with van der Waals surface area (Å²) in [6, 6.07) is 0. The van der Waals surface area contributed by atoms with E-state index >= 15 is 0 Å². The summed E-state index contributed by atoms with van der Waals surface area (Å²) in [6.07, 6.45) is 53.9. The van der Waals surface area contributed by atoms with Crippen molar-refractivity contribution in [2.45, 2.75) is 238 Å². The third-order valence-corrected chi connectivity index (χ3v) is 9.69. The van der Waals surface area contributed by atoms with E-state index in [1.807, 2.05) is 0 Å². The van der Waals surface area contributed by atoms with Crippen LogP contribution in [0.15, 0.2) is 0 Å². The van der Waals surface area contributed by atoms with Gasteiger partial charge in [0.2, 0.25) is 0 Å². The molecule has 0 aromatic rings. The van der Waals surface area contributed by atoms with E-state index in [1.165, 1.54) is 212 Å². The normalized spacial score (nSPS) is 14.4. The lowest BCUT2D eigenvalue weighted by atomic mass is 9.85. The second-order valence-corrected chi connectivity index (χ2v) is 13.5. The lowest BCUT2D eigenvalue weighted by Crippen LogP contribution is -2.05. The van der Waals surface area contributed by atoms with Gasteiger partial charge in [0.25, 0.3) is 0 Å². The molecular formula is C38H76. The number of rotatable bonds is 31. The van der Waals surface area contributed by atoms with Crippen LogP contribution in [-0.2, 0) is 0 Å². The first-order valence-electron chi connectivity index (χ1n) is 18.9. The van der Waals surface area contributed by atoms with Crippen molar-refractivity contribution in [1.82, 2.24) is 0 Å². The predicted molar refractivity (Wildman–Crippen MR) is 175 cm³/mol. The van der Waals surface area contributed by atoms with Crippen LogP contribution in [0.1, 0.15) is 238 Å². The van der Waals surface area contributed by atoms with Gasteiger partial charge in [-0.3, -0.25) is 0 Å². The second kappa shape index (κ2) is 31.5. The van der Waals surface area contributed by atoms with Gasteiger partial charge in [-0.1, -0.05) is 238 Å². The summed E-state index contributed by atoms with van der Waals surface area (Å²) < 4.78 is 0. The minimum atomic E-state index is 1.10. The minimum absolute atomic E-state index is 1.10. The molecule has 0 nitrogen and oxygen atoms in total. The van der Waals surface area contributed by atoms with E-state index in [9.17, 15) is 0 Å². The Bertz CT molecular complexity index is 406. The highest BCUT2D eigenvalue weighted by molar-refractivity contribution is 4.65. The molecule has 0 heterocycles. The van der Waals surface area contributed by atoms with Gasteiger partial charge in [-0.05, 0) is 5.92 Å². The van der Waals surface area contributed by atoms with Gasteiger partial charge in [0.1, 0.15) is 0 Å². The van der Waals surface area contributed by atoms with E-state index in [2.05, 4.69) is 6.92 Å². The molecule has 0 radical (unpaired) electrons. The lowest BCUT2D eigenvalue weighted by Gasteiger charge is -2.21. The smallest absolute Gasteiger partial charge is 0.0414 e. The van der Waals surface area contributed by atoms with E-state index in [-0.39, 0.29) is 0 Å². The van der Waals surface area contributed by atoms with Crippen LogP contribution in [-0.4, -0.2) is 0 Å². The molecule has 1 aliphatic rings. The maximum Gasteiger partial charge on any atom is -0.0414 e. The van der Waals surface area contributed by atoms with Crippen LogP contribution in [0.3, 0.4) is 0 Å². The van der Waals surface area contributed by atoms with E-state index < -0.39 is 0 Å². The Kier molecular flexibility index (Phi) is 29.9. The largest absolute Gasteiger partial charge is 0.0654 e. The summed E-state index contributed by atoms with van der Waals surface area (Å²) in [4.78, 5) is 0. The highest BCUT2D eigenvalue weighted by Gasteiger charge is 2.12. The highest BCUT2D eigenvalue weighted by Crippen LogP contribution is 2.28. The summed E-state index contributed by atoms with van der Waals surface area (Å²) in [5.41, 5.74) is 0. The molecule has 1 saturated carbocycles. The zero-order valence-corrected chi connectivity index (χ0v) is 27.0. The van der Waals surface area contributed by atoms with Gasteiger partial charge in [0.15, 0.2) is 0 Å². The standard InChI is InChI=1S/C38H76/c1-2-3-4-5-6-7-8-9-10-11-12-13-14-15-16-17-18-19-20-21-22-23-24-25-26-27-28-29-30-32-35-38-36-33-31-34-37-38/h38H,2-37H2,1H3. The van der Waals surface area contributed by atoms with E-state index in [0.29, 0.717) is 0 Å². The van der Waals surface area contributed by atoms with Crippen molar-refractivity contribution in [3.63, 3.8) is 0 Å². The van der Waals surface area contributed by atoms with Crippen molar-refractivity contribution >= 4 is 0 Å². The van der Waals surface area contributed by atoms with Crippen molar-refractivity contribution in [3.8, 4) is 0 Å². The topological polar surface area (TPSA) is 0 Å². The molecule has 1 fully saturated rings. The molecule has 0 aromatic heterocycles. The number of hydrogen-bond donors (Lipinski definition) is 0. The first kappa shape index (κ1) is 36.0. The molecule has 38 heavy (non-hydrogen) atoms. The zero-order valence-electron chi connectivity index (χ0n) is 27.0. The van der Waals surface area contributed by atoms with Crippen molar-refractivity contribution in [1.29, 1.82) is 0 Å². The maximum absolute atomic E-state index is 2.31. The van der Waals surface area contributed by atoms with Gasteiger partial charge in [-0.25, -0.2) is 0 Å². The molecule has 1 rings (SSSR count). The first-order valence-corrected chi connectivity index (χ1v) is 18.9. The average Bonchev–Trinajstić information content (AvgIpc) is 2.94. The summed E-state index contributed by atoms with van der Waals surface area (Å²) in [5.74, 6) is 1.10. The van der Waals surface area contributed by atoms with Crippen LogP contribution in [0.25, 0.3) is 0 Å². The summed E-state index contributed by atoms with van der Waals surface area (Å²) in [6.45, 7) is 2.31. The first-order chi connectivity index (χ1) is 18.9. The van der Waals surface area contributed by atoms with E-state index in [1.54, 1.807) is 19.3 Å². The molecule has 0 N–H and O–H groups in total. The summed E-state index contributed by atoms with van der Waals surface area (Å²) in [5, 5.41) is 0. The Morgan fingerprint density at radius 3 is 0.789 bits per heavy atom. The van der Waals surface area contributed by atoms with Crippen LogP contribution >= 0.6 is 0 Å². The van der Waals surface area contributed by atoms with Gasteiger partial charge >= 0.3 is 0 Å². The molecule has 0 saturated heterocycles. The molecule has 1 aliphatic carbocycles. The van der Waals surface area contributed by atoms with Crippen LogP contribution in [0, 0.1) is 5.92 Å². The molecule has 0 aromatic carbocycles. The molecule has 0 aliphatic heterocycles. The predicted octanol–water partition coefficient (Wildman–Crippen LogP) is 14.7. The molecular weight excluding hydrogens is 456 g/mol. The van der Waals surface area contributed by atoms with Crippen LogP contribution in [0.4, 0.5) is 0 Å². The Morgan fingerprint density at radius 1 is 0.289 bits per heavy atom. The minimum Gasteiger partial charge on any atom is -0.0654 e. The van der Waals surface area contributed by atoms with Crippen molar-refractivity contribution in [3.05, 3.63) is 0 Å². The van der Waals surface area contributed by atoms with Gasteiger partial charge in [-0.2, -0.15) is 0 Å². The third kappa shape index (κ3) is 27.6. The molecule has 0 unspecified atom stereocenters. The number of hydrogen-bond acceptors (Lipinski definition) is 0. The fourth-order valence-electron chi connectivity index (χ4n) is 6.93. The maximum atomic E-state index is 2.31. The van der Waals surface area contributed by atoms with Crippen LogP contribution in [0.2, 0.25) is 0 Å². The van der Waals surface area contributed by atoms with Gasteiger partial charge in [0, 0.05) is 0 Å². The average molecular weight is 533 g/mol. The molecule has 0 amide bonds. The van der Waals surface area contributed by atoms with Gasteiger partial charge < -0.3 is 0 Å². The summed E-state index contributed by atoms with van der Waals surface area (Å²) >= 11 is 0. The van der Waals surface area contributed by atoms with Gasteiger partial charge in [0.05, 0.1) is 0 Å². The third-order valence-electron chi connectivity index (χ3n) is 9.69. The molecule has 0 bridgehead atoms. The van der Waals surface area contributed by atoms with E-state index in [4.69, 9.17) is 0 Å².